The van der Waals surface area contributed by atoms with E-state index < -0.39 is 0 Å². The van der Waals surface area contributed by atoms with Gasteiger partial charge in [-0.05, 0) is 44.0 Å². The van der Waals surface area contributed by atoms with Gasteiger partial charge in [0.1, 0.15) is 5.82 Å². The molecule has 24 heavy (non-hydrogen) atoms. The summed E-state index contributed by atoms with van der Waals surface area (Å²) in [4.78, 5) is 21.2. The van der Waals surface area contributed by atoms with E-state index in [1.165, 1.54) is 5.56 Å². The topological polar surface area (TPSA) is 56.7 Å². The van der Waals surface area contributed by atoms with Crippen molar-refractivity contribution in [3.05, 3.63) is 53.7 Å². The highest BCUT2D eigenvalue weighted by atomic mass is 16.3. The minimum atomic E-state index is -0.0915. The van der Waals surface area contributed by atoms with E-state index in [0.29, 0.717) is 24.5 Å². The lowest BCUT2D eigenvalue weighted by molar-refractivity contribution is 0.0732. The molecule has 1 aromatic heterocycles. The second kappa shape index (κ2) is 7.01. The highest BCUT2D eigenvalue weighted by molar-refractivity contribution is 6.00. The number of aliphatic hydroxyl groups excluding tert-OH is 1. The summed E-state index contributed by atoms with van der Waals surface area (Å²) in [6.45, 7) is 4.90. The third kappa shape index (κ3) is 2.87. The number of aromatic nitrogens is 1. The number of nitrogens with zero attached hydrogens (tertiary/aromatic N) is 3. The van der Waals surface area contributed by atoms with Gasteiger partial charge in [0.2, 0.25) is 0 Å². The van der Waals surface area contributed by atoms with Gasteiger partial charge in [0.05, 0.1) is 12.2 Å². The van der Waals surface area contributed by atoms with Gasteiger partial charge in [0.25, 0.3) is 5.91 Å². The molecule has 0 saturated heterocycles. The zero-order valence-corrected chi connectivity index (χ0v) is 14.1. The summed E-state index contributed by atoms with van der Waals surface area (Å²) in [7, 11) is 0. The zero-order valence-electron chi connectivity index (χ0n) is 14.1. The van der Waals surface area contributed by atoms with E-state index in [9.17, 15) is 9.90 Å². The van der Waals surface area contributed by atoms with Gasteiger partial charge < -0.3 is 14.9 Å². The quantitative estimate of drug-likeness (QED) is 0.918. The highest BCUT2D eigenvalue weighted by Gasteiger charge is 2.31. The summed E-state index contributed by atoms with van der Waals surface area (Å²) in [6, 6.07) is 12.1. The van der Waals surface area contributed by atoms with Gasteiger partial charge in [-0.15, -0.1) is 0 Å². The van der Waals surface area contributed by atoms with Gasteiger partial charge in [-0.25, -0.2) is 4.98 Å². The molecule has 1 atom stereocenters. The second-order valence-electron chi connectivity index (χ2n) is 6.03. The monoisotopic (exact) mass is 325 g/mol. The molecule has 2 aromatic rings. The molecule has 1 amide bonds. The number of hydrogen-bond donors (Lipinski definition) is 1. The smallest absolute Gasteiger partial charge is 0.257 e. The predicted octanol–water partition coefficient (Wildman–Crippen LogP) is 2.62. The lowest BCUT2D eigenvalue weighted by Gasteiger charge is -2.27. The van der Waals surface area contributed by atoms with Crippen molar-refractivity contribution in [2.75, 3.05) is 24.6 Å². The van der Waals surface area contributed by atoms with Gasteiger partial charge in [-0.2, -0.15) is 0 Å². The lowest BCUT2D eigenvalue weighted by Crippen LogP contribution is -2.35. The maximum absolute atomic E-state index is 12.9. The number of carbonyl (C=O) groups is 1. The molecule has 5 heteroatoms. The Morgan fingerprint density at radius 1 is 1.33 bits per heavy atom. The molecule has 1 aromatic carbocycles. The molecule has 126 valence electrons. The van der Waals surface area contributed by atoms with Crippen LogP contribution >= 0.6 is 0 Å². The predicted molar refractivity (Wildman–Crippen MR) is 94.6 cm³/mol. The van der Waals surface area contributed by atoms with E-state index in [1.54, 1.807) is 17.2 Å². The van der Waals surface area contributed by atoms with Crippen LogP contribution in [-0.4, -0.2) is 46.6 Å². The molecule has 1 aliphatic rings. The first-order valence-electron chi connectivity index (χ1n) is 8.39. The van der Waals surface area contributed by atoms with Crippen LogP contribution in [0.3, 0.4) is 0 Å². The van der Waals surface area contributed by atoms with Gasteiger partial charge in [0.15, 0.2) is 0 Å². The fraction of sp³-hybridized carbons (Fsp3) is 0.368. The van der Waals surface area contributed by atoms with E-state index in [0.717, 1.165) is 12.1 Å². The Morgan fingerprint density at radius 2 is 2.12 bits per heavy atom. The maximum Gasteiger partial charge on any atom is 0.257 e. The van der Waals surface area contributed by atoms with Crippen molar-refractivity contribution in [2.24, 2.45) is 0 Å². The average Bonchev–Trinajstić information content (AvgIpc) is 2.94. The summed E-state index contributed by atoms with van der Waals surface area (Å²) in [5.41, 5.74) is 2.97. The summed E-state index contributed by atoms with van der Waals surface area (Å²) in [6.07, 6.45) is 2.66. The molecule has 1 N–H and O–H groups in total. The third-order valence-corrected chi connectivity index (χ3v) is 4.49. The third-order valence-electron chi connectivity index (χ3n) is 4.49. The molecule has 0 radical (unpaired) electrons. The molecule has 1 aliphatic heterocycles. The Morgan fingerprint density at radius 3 is 2.88 bits per heavy atom. The fourth-order valence-corrected chi connectivity index (χ4v) is 3.34. The van der Waals surface area contributed by atoms with Gasteiger partial charge in [0, 0.05) is 31.0 Å². The Labute approximate surface area is 142 Å². The number of amides is 1. The number of hydrogen-bond acceptors (Lipinski definition) is 4. The number of benzene rings is 1. The number of rotatable bonds is 5. The zero-order chi connectivity index (χ0) is 17.1. The second-order valence-corrected chi connectivity index (χ2v) is 6.03. The van der Waals surface area contributed by atoms with Gasteiger partial charge >= 0.3 is 0 Å². The number of carbonyl (C=O) groups excluding carboxylic acids is 1. The first kappa shape index (κ1) is 16.5. The van der Waals surface area contributed by atoms with E-state index in [4.69, 9.17) is 0 Å². The van der Waals surface area contributed by atoms with E-state index >= 15 is 0 Å². The molecule has 2 heterocycles. The fourth-order valence-electron chi connectivity index (χ4n) is 3.34. The number of fused-ring (bicyclic) bond motifs is 1. The molecule has 3 rings (SSSR count). The summed E-state index contributed by atoms with van der Waals surface area (Å²) >= 11 is 0. The van der Waals surface area contributed by atoms with Crippen molar-refractivity contribution in [3.8, 4) is 0 Å². The van der Waals surface area contributed by atoms with E-state index in [2.05, 4.69) is 28.9 Å². The van der Waals surface area contributed by atoms with Crippen LogP contribution in [0.2, 0.25) is 0 Å². The average molecular weight is 325 g/mol. The molecule has 0 fully saturated rings. The van der Waals surface area contributed by atoms with Crippen molar-refractivity contribution in [1.82, 2.24) is 9.88 Å². The summed E-state index contributed by atoms with van der Waals surface area (Å²) in [5, 5.41) is 9.20. The van der Waals surface area contributed by atoms with Crippen molar-refractivity contribution >= 4 is 17.4 Å². The van der Waals surface area contributed by atoms with Gasteiger partial charge in [-0.3, -0.25) is 4.79 Å². The summed E-state index contributed by atoms with van der Waals surface area (Å²) < 4.78 is 0. The normalized spacial score (nSPS) is 16.1. The maximum atomic E-state index is 12.9. The van der Waals surface area contributed by atoms with Crippen LogP contribution in [0.1, 0.15) is 29.8 Å². The minimum Gasteiger partial charge on any atom is -0.395 e. The lowest BCUT2D eigenvalue weighted by atomic mass is 10.1. The number of likely N-dealkylation sites (N-methyl/N-ethyl adjacent to an activating group) is 1. The number of anilines is 2. The first-order chi connectivity index (χ1) is 11.7. The number of para-hydroxylation sites is 1. The largest absolute Gasteiger partial charge is 0.395 e. The summed E-state index contributed by atoms with van der Waals surface area (Å²) in [5.74, 6) is 0.600. The van der Waals surface area contributed by atoms with Crippen molar-refractivity contribution in [3.63, 3.8) is 0 Å². The Bertz CT molecular complexity index is 732. The Kier molecular flexibility index (Phi) is 4.81. The molecule has 5 nitrogen and oxygen atoms in total. The van der Waals surface area contributed by atoms with Crippen molar-refractivity contribution in [2.45, 2.75) is 26.3 Å². The van der Waals surface area contributed by atoms with Crippen LogP contribution < -0.4 is 4.90 Å². The Hall–Kier alpha value is -2.40. The number of pyridine rings is 1. The molecule has 0 saturated carbocycles. The molecule has 0 spiro atoms. The number of aliphatic hydroxyl groups is 1. The van der Waals surface area contributed by atoms with Crippen molar-refractivity contribution in [1.29, 1.82) is 0 Å². The Balaban J connectivity index is 2.03. The first-order valence-corrected chi connectivity index (χ1v) is 8.39. The van der Waals surface area contributed by atoms with E-state index in [-0.39, 0.29) is 18.6 Å². The molecular formula is C19H23N3O2. The van der Waals surface area contributed by atoms with Gasteiger partial charge in [-0.1, -0.05) is 18.2 Å². The highest BCUT2D eigenvalue weighted by Crippen LogP contribution is 2.38. The van der Waals surface area contributed by atoms with Crippen LogP contribution in [0.25, 0.3) is 0 Å². The van der Waals surface area contributed by atoms with E-state index in [1.807, 2.05) is 25.1 Å². The molecular weight excluding hydrogens is 302 g/mol. The van der Waals surface area contributed by atoms with Crippen molar-refractivity contribution < 1.29 is 9.90 Å². The van der Waals surface area contributed by atoms with Crippen LogP contribution in [0.15, 0.2) is 42.6 Å². The van der Waals surface area contributed by atoms with Crippen LogP contribution in [-0.2, 0) is 6.42 Å². The minimum absolute atomic E-state index is 0.0435. The SMILES string of the molecule is CCN(CCO)C(=O)c1cccnc1N1c2ccccc2CC1C. The molecule has 0 bridgehead atoms. The van der Waals surface area contributed by atoms with Crippen LogP contribution in [0.5, 0.6) is 0 Å². The standard InChI is InChI=1S/C19H23N3O2/c1-3-21(11-12-23)19(24)16-8-6-10-20-18(16)22-14(2)13-15-7-4-5-9-17(15)22/h4-10,14,23H,3,11-13H2,1-2H3. The molecule has 0 aliphatic carbocycles. The van der Waals surface area contributed by atoms with Crippen LogP contribution in [0.4, 0.5) is 11.5 Å². The molecule has 1 unspecified atom stereocenters. The van der Waals surface area contributed by atoms with Crippen LogP contribution in [0, 0.1) is 0 Å².